The van der Waals surface area contributed by atoms with Gasteiger partial charge in [-0.25, -0.2) is 4.98 Å². The predicted molar refractivity (Wildman–Crippen MR) is 84.5 cm³/mol. The quantitative estimate of drug-likeness (QED) is 0.412. The highest BCUT2D eigenvalue weighted by Crippen LogP contribution is 2.36. The van der Waals surface area contributed by atoms with Gasteiger partial charge >= 0.3 is 15.6 Å². The monoisotopic (exact) mass is 392 g/mol. The van der Waals surface area contributed by atoms with E-state index in [9.17, 15) is 21.6 Å². The Labute approximate surface area is 144 Å². The highest BCUT2D eigenvalue weighted by Gasteiger charge is 2.49. The van der Waals surface area contributed by atoms with Gasteiger partial charge in [0, 0.05) is 16.8 Å². The molecule has 0 aliphatic rings. The smallest absolute Gasteiger partial charge is 0.436 e. The van der Waals surface area contributed by atoms with Gasteiger partial charge in [0.2, 0.25) is 5.89 Å². The van der Waals surface area contributed by atoms with Gasteiger partial charge in [0.05, 0.1) is 5.56 Å². The minimum atomic E-state index is -5.88. The van der Waals surface area contributed by atoms with E-state index >= 15 is 0 Å². The molecule has 0 bridgehead atoms. The molecule has 0 fully saturated rings. The van der Waals surface area contributed by atoms with Crippen LogP contribution in [0.3, 0.4) is 0 Å². The number of oxazole rings is 1. The maximum absolute atomic E-state index is 12.6. The second-order valence-corrected chi connectivity index (χ2v) is 6.84. The van der Waals surface area contributed by atoms with Crippen molar-refractivity contribution in [2.75, 3.05) is 5.73 Å². The predicted octanol–water partition coefficient (Wildman–Crippen LogP) is 3.96. The van der Waals surface area contributed by atoms with Crippen molar-refractivity contribution < 1.29 is 30.2 Å². The summed E-state index contributed by atoms with van der Waals surface area (Å²) < 4.78 is 69.9. The molecule has 0 aliphatic heterocycles. The molecule has 0 amide bonds. The summed E-state index contributed by atoms with van der Waals surface area (Å²) >= 11 is 5.84. The van der Waals surface area contributed by atoms with Gasteiger partial charge in [-0.2, -0.15) is 21.6 Å². The molecule has 0 unspecified atom stereocenters. The van der Waals surface area contributed by atoms with Crippen LogP contribution in [0.2, 0.25) is 5.02 Å². The van der Waals surface area contributed by atoms with E-state index in [4.69, 9.17) is 21.8 Å². The van der Waals surface area contributed by atoms with Crippen molar-refractivity contribution in [1.29, 1.82) is 0 Å². The van der Waals surface area contributed by atoms with Crippen molar-refractivity contribution in [2.45, 2.75) is 5.51 Å². The molecule has 2 N–H and O–H groups in total. The number of halogens is 4. The Kier molecular flexibility index (Phi) is 4.04. The van der Waals surface area contributed by atoms with E-state index in [0.717, 1.165) is 6.07 Å². The number of nitrogens with two attached hydrogens (primary N) is 1. The lowest BCUT2D eigenvalue weighted by Crippen LogP contribution is -2.28. The molecule has 25 heavy (non-hydrogen) atoms. The van der Waals surface area contributed by atoms with Crippen LogP contribution in [0.1, 0.15) is 0 Å². The fraction of sp³-hybridized carbons (Fsp3) is 0.0714. The summed E-state index contributed by atoms with van der Waals surface area (Å²) in [5, 5.41) is 0.376. The van der Waals surface area contributed by atoms with Gasteiger partial charge in [0.25, 0.3) is 0 Å². The van der Waals surface area contributed by atoms with Crippen molar-refractivity contribution in [3.8, 4) is 17.2 Å². The van der Waals surface area contributed by atoms with Gasteiger partial charge in [-0.05, 0) is 30.3 Å². The average Bonchev–Trinajstić information content (AvgIpc) is 2.88. The molecular weight excluding hydrogens is 385 g/mol. The Morgan fingerprint density at radius 3 is 2.56 bits per heavy atom. The number of alkyl halides is 3. The summed E-state index contributed by atoms with van der Waals surface area (Å²) in [5.41, 5.74) is 0.433. The van der Waals surface area contributed by atoms with E-state index in [-0.39, 0.29) is 17.1 Å². The third kappa shape index (κ3) is 3.35. The standard InChI is InChI=1S/C14H8ClF3N2O4S/c15-7-1-4-11-10(5-7)20-13(23-11)9-3-2-8(19)6-12(9)24-25(21,22)14(16,17)18/h1-6H,19H2. The molecule has 132 valence electrons. The average molecular weight is 393 g/mol. The number of hydrogen-bond donors (Lipinski definition) is 1. The first-order chi connectivity index (χ1) is 11.6. The summed E-state index contributed by atoms with van der Waals surface area (Å²) in [7, 11) is -5.88. The zero-order valence-electron chi connectivity index (χ0n) is 12.0. The molecular formula is C14H8ClF3N2O4S. The highest BCUT2D eigenvalue weighted by atomic mass is 35.5. The van der Waals surface area contributed by atoms with E-state index in [1.54, 1.807) is 0 Å². The molecule has 3 aromatic rings. The van der Waals surface area contributed by atoms with Crippen molar-refractivity contribution in [2.24, 2.45) is 0 Å². The van der Waals surface area contributed by atoms with Crippen LogP contribution in [0.15, 0.2) is 40.8 Å². The van der Waals surface area contributed by atoms with Gasteiger partial charge in [-0.15, -0.1) is 0 Å². The highest BCUT2D eigenvalue weighted by molar-refractivity contribution is 7.88. The molecule has 2 aromatic carbocycles. The van der Waals surface area contributed by atoms with E-state index in [1.165, 1.54) is 30.3 Å². The number of hydrogen-bond acceptors (Lipinski definition) is 6. The number of rotatable bonds is 3. The van der Waals surface area contributed by atoms with Crippen LogP contribution in [0.5, 0.6) is 5.75 Å². The third-order valence-corrected chi connectivity index (χ3v) is 4.27. The maximum atomic E-state index is 12.6. The fourth-order valence-electron chi connectivity index (χ4n) is 1.97. The minimum Gasteiger partial charge on any atom is -0.436 e. The normalized spacial score (nSPS) is 12.5. The van der Waals surface area contributed by atoms with E-state index in [2.05, 4.69) is 9.17 Å². The summed E-state index contributed by atoms with van der Waals surface area (Å²) in [5.74, 6) is -0.806. The van der Waals surface area contributed by atoms with Crippen molar-refractivity contribution in [3.05, 3.63) is 41.4 Å². The molecule has 0 spiro atoms. The first-order valence-corrected chi connectivity index (χ1v) is 8.32. The van der Waals surface area contributed by atoms with Crippen LogP contribution in [0, 0.1) is 0 Å². The molecule has 0 saturated carbocycles. The largest absolute Gasteiger partial charge is 0.534 e. The molecule has 11 heteroatoms. The summed E-state index contributed by atoms with van der Waals surface area (Å²) in [6.07, 6.45) is 0. The van der Waals surface area contributed by atoms with Crippen LogP contribution >= 0.6 is 11.6 Å². The molecule has 0 aliphatic carbocycles. The number of benzene rings is 2. The summed E-state index contributed by atoms with van der Waals surface area (Å²) in [6, 6.07) is 8.04. The van der Waals surface area contributed by atoms with Gasteiger partial charge in [0.15, 0.2) is 11.3 Å². The number of aromatic nitrogens is 1. The molecule has 3 rings (SSSR count). The molecule has 0 radical (unpaired) electrons. The molecule has 1 aromatic heterocycles. The van der Waals surface area contributed by atoms with Gasteiger partial charge < -0.3 is 14.3 Å². The van der Waals surface area contributed by atoms with Crippen molar-refractivity contribution in [1.82, 2.24) is 4.98 Å². The summed E-state index contributed by atoms with van der Waals surface area (Å²) in [6.45, 7) is 0. The summed E-state index contributed by atoms with van der Waals surface area (Å²) in [4.78, 5) is 4.08. The minimum absolute atomic E-state index is 0.00437. The number of fused-ring (bicyclic) bond motifs is 1. The van der Waals surface area contributed by atoms with E-state index < -0.39 is 21.4 Å². The van der Waals surface area contributed by atoms with Crippen LogP contribution in [0.25, 0.3) is 22.6 Å². The Balaban J connectivity index is 2.13. The fourth-order valence-corrected chi connectivity index (χ4v) is 2.60. The second kappa shape index (κ2) is 5.81. The van der Waals surface area contributed by atoms with Crippen LogP contribution < -0.4 is 9.92 Å². The lowest BCUT2D eigenvalue weighted by atomic mass is 10.2. The van der Waals surface area contributed by atoms with Crippen molar-refractivity contribution in [3.63, 3.8) is 0 Å². The van der Waals surface area contributed by atoms with Gasteiger partial charge in [-0.3, -0.25) is 0 Å². The van der Waals surface area contributed by atoms with E-state index in [1.807, 2.05) is 0 Å². The van der Waals surface area contributed by atoms with Gasteiger partial charge in [0.1, 0.15) is 5.52 Å². The lowest BCUT2D eigenvalue weighted by Gasteiger charge is -2.12. The molecule has 6 nitrogen and oxygen atoms in total. The maximum Gasteiger partial charge on any atom is 0.534 e. The number of nitrogen functional groups attached to an aromatic ring is 1. The molecule has 1 heterocycles. The molecule has 0 saturated heterocycles. The third-order valence-electron chi connectivity index (χ3n) is 3.07. The SMILES string of the molecule is Nc1ccc(-c2nc3cc(Cl)ccc3o2)c(OS(=O)(=O)C(F)(F)F)c1. The van der Waals surface area contributed by atoms with Gasteiger partial charge in [-0.1, -0.05) is 11.6 Å². The topological polar surface area (TPSA) is 95.4 Å². The first-order valence-electron chi connectivity index (χ1n) is 6.53. The van der Waals surface area contributed by atoms with Crippen LogP contribution in [-0.4, -0.2) is 18.9 Å². The first kappa shape index (κ1) is 17.4. The Morgan fingerprint density at radius 2 is 1.88 bits per heavy atom. The zero-order chi connectivity index (χ0) is 18.4. The second-order valence-electron chi connectivity index (χ2n) is 4.87. The zero-order valence-corrected chi connectivity index (χ0v) is 13.6. The van der Waals surface area contributed by atoms with Crippen molar-refractivity contribution >= 4 is 38.5 Å². The molecule has 0 atom stereocenters. The Morgan fingerprint density at radius 1 is 1.16 bits per heavy atom. The lowest BCUT2D eigenvalue weighted by molar-refractivity contribution is -0.0499. The number of nitrogens with zero attached hydrogens (tertiary/aromatic N) is 1. The Hall–Kier alpha value is -2.46. The van der Waals surface area contributed by atoms with E-state index in [0.29, 0.717) is 16.1 Å². The van der Waals surface area contributed by atoms with Crippen LogP contribution in [0.4, 0.5) is 18.9 Å². The number of anilines is 1. The Bertz CT molecular complexity index is 1060. The van der Waals surface area contributed by atoms with Crippen LogP contribution in [-0.2, 0) is 10.1 Å².